The second-order valence-corrected chi connectivity index (χ2v) is 9.07. The molecule has 5 rings (SSSR count). The van der Waals surface area contributed by atoms with Crippen LogP contribution < -0.4 is 0 Å². The van der Waals surface area contributed by atoms with Gasteiger partial charge in [-0.1, -0.05) is 42.2 Å². The average Bonchev–Trinajstić information content (AvgIpc) is 3.54. The highest BCUT2D eigenvalue weighted by molar-refractivity contribution is 7.98. The Balaban J connectivity index is 1.35. The van der Waals surface area contributed by atoms with Gasteiger partial charge in [-0.05, 0) is 36.4 Å². The van der Waals surface area contributed by atoms with Gasteiger partial charge in [0.2, 0.25) is 11.7 Å². The van der Waals surface area contributed by atoms with Crippen molar-refractivity contribution in [2.24, 2.45) is 0 Å². The molecule has 0 spiro atoms. The van der Waals surface area contributed by atoms with E-state index < -0.39 is 0 Å². The predicted octanol–water partition coefficient (Wildman–Crippen LogP) is 5.37. The molecule has 1 aliphatic rings. The van der Waals surface area contributed by atoms with Gasteiger partial charge in [-0.3, -0.25) is 0 Å². The first kappa shape index (κ1) is 18.6. The smallest absolute Gasteiger partial charge is 0.238 e. The van der Waals surface area contributed by atoms with Crippen LogP contribution in [0.1, 0.15) is 54.7 Å². The van der Waals surface area contributed by atoms with Crippen molar-refractivity contribution in [1.82, 2.24) is 24.9 Å². The molecule has 150 valence electrons. The van der Waals surface area contributed by atoms with Gasteiger partial charge in [-0.15, -0.1) is 21.5 Å². The highest BCUT2D eigenvalue weighted by Crippen LogP contribution is 2.34. The van der Waals surface area contributed by atoms with Gasteiger partial charge >= 0.3 is 0 Å². The van der Waals surface area contributed by atoms with E-state index in [1.807, 2.05) is 12.1 Å². The number of hydrogen-bond acceptors (Lipinski definition) is 8. The highest BCUT2D eigenvalue weighted by Gasteiger charge is 2.24. The molecule has 4 aromatic rings. The van der Waals surface area contributed by atoms with Crippen molar-refractivity contribution in [2.45, 2.75) is 55.5 Å². The van der Waals surface area contributed by atoms with Crippen molar-refractivity contribution in [1.29, 1.82) is 0 Å². The van der Waals surface area contributed by atoms with Gasteiger partial charge in [0.05, 0.1) is 12.0 Å². The quantitative estimate of drug-likeness (QED) is 0.367. The lowest BCUT2D eigenvalue weighted by Gasteiger charge is -2.25. The van der Waals surface area contributed by atoms with Crippen molar-refractivity contribution in [3.05, 3.63) is 52.5 Å². The van der Waals surface area contributed by atoms with E-state index in [-0.39, 0.29) is 0 Å². The van der Waals surface area contributed by atoms with E-state index in [9.17, 15) is 0 Å². The molecule has 0 amide bonds. The third-order valence-electron chi connectivity index (χ3n) is 5.12. The Hall–Kier alpha value is -2.39. The average molecular weight is 428 g/mol. The van der Waals surface area contributed by atoms with Crippen LogP contribution in [0.4, 0.5) is 0 Å². The molecule has 9 heteroatoms. The van der Waals surface area contributed by atoms with Gasteiger partial charge < -0.3 is 13.5 Å². The summed E-state index contributed by atoms with van der Waals surface area (Å²) in [5.74, 6) is 3.23. The first-order valence-electron chi connectivity index (χ1n) is 9.82. The van der Waals surface area contributed by atoms with Crippen molar-refractivity contribution in [3.63, 3.8) is 0 Å². The van der Waals surface area contributed by atoms with E-state index in [2.05, 4.69) is 42.4 Å². The van der Waals surface area contributed by atoms with Gasteiger partial charge in [0.1, 0.15) is 5.82 Å². The van der Waals surface area contributed by atoms with E-state index in [1.165, 1.54) is 37.0 Å². The fourth-order valence-electron chi connectivity index (χ4n) is 3.75. The molecular weight excluding hydrogens is 406 g/mol. The molecule has 0 saturated heterocycles. The summed E-state index contributed by atoms with van der Waals surface area (Å²) in [5.41, 5.74) is 0. The molecule has 0 unspecified atom stereocenters. The Morgan fingerprint density at radius 1 is 1.14 bits per heavy atom. The van der Waals surface area contributed by atoms with Crippen LogP contribution in [-0.2, 0) is 12.2 Å². The van der Waals surface area contributed by atoms with Crippen molar-refractivity contribution in [3.8, 4) is 11.6 Å². The van der Waals surface area contributed by atoms with E-state index in [1.54, 1.807) is 29.4 Å². The van der Waals surface area contributed by atoms with Crippen LogP contribution in [0.3, 0.4) is 0 Å². The standard InChI is InChI=1S/C20H21N5O2S2/c1-2-6-14(7-3-1)25-17(12-15-8-5-11-28-15)22-23-20(25)29-13-18-21-19(24-27-18)16-9-4-10-26-16/h4-5,8-11,14H,1-3,6-7,12-13H2. The minimum absolute atomic E-state index is 0.470. The van der Waals surface area contributed by atoms with Crippen molar-refractivity contribution >= 4 is 23.1 Å². The second kappa shape index (κ2) is 8.54. The van der Waals surface area contributed by atoms with Gasteiger partial charge in [0, 0.05) is 17.3 Å². The molecule has 1 saturated carbocycles. The Morgan fingerprint density at radius 2 is 2.07 bits per heavy atom. The number of rotatable bonds is 7. The lowest BCUT2D eigenvalue weighted by Crippen LogP contribution is -2.16. The fraction of sp³-hybridized carbons (Fsp3) is 0.400. The maximum atomic E-state index is 5.39. The Bertz CT molecular complexity index is 1030. The van der Waals surface area contributed by atoms with Gasteiger partial charge in [0.15, 0.2) is 10.9 Å². The van der Waals surface area contributed by atoms with Gasteiger partial charge in [-0.25, -0.2) is 0 Å². The number of thiophene rings is 1. The van der Waals surface area contributed by atoms with E-state index in [4.69, 9.17) is 8.94 Å². The van der Waals surface area contributed by atoms with Crippen LogP contribution in [0, 0.1) is 0 Å². The molecule has 1 fully saturated rings. The Morgan fingerprint density at radius 3 is 2.86 bits per heavy atom. The molecule has 1 aliphatic carbocycles. The summed E-state index contributed by atoms with van der Waals surface area (Å²) in [6.07, 6.45) is 8.65. The molecule has 0 bridgehead atoms. The van der Waals surface area contributed by atoms with Crippen LogP contribution in [-0.4, -0.2) is 24.9 Å². The van der Waals surface area contributed by atoms with Crippen molar-refractivity contribution < 1.29 is 8.94 Å². The minimum Gasteiger partial charge on any atom is -0.461 e. The number of furan rings is 1. The molecule has 0 aliphatic heterocycles. The van der Waals surface area contributed by atoms with Crippen LogP contribution in [0.15, 0.2) is 50.0 Å². The number of aromatic nitrogens is 5. The second-order valence-electron chi connectivity index (χ2n) is 7.09. The summed E-state index contributed by atoms with van der Waals surface area (Å²) in [6.45, 7) is 0. The molecule has 29 heavy (non-hydrogen) atoms. The largest absolute Gasteiger partial charge is 0.461 e. The van der Waals surface area contributed by atoms with Crippen LogP contribution in [0.5, 0.6) is 0 Å². The molecule has 0 radical (unpaired) electrons. The SMILES string of the molecule is c1coc(-c2noc(CSc3nnc(Cc4cccs4)n3C3CCCCC3)n2)c1. The van der Waals surface area contributed by atoms with Crippen LogP contribution in [0.2, 0.25) is 0 Å². The normalized spacial score (nSPS) is 15.2. The van der Waals surface area contributed by atoms with E-state index in [0.717, 1.165) is 17.4 Å². The number of thioether (sulfide) groups is 1. The third-order valence-corrected chi connectivity index (χ3v) is 6.93. The van der Waals surface area contributed by atoms with E-state index >= 15 is 0 Å². The first-order chi connectivity index (χ1) is 14.4. The first-order valence-corrected chi connectivity index (χ1v) is 11.7. The zero-order valence-corrected chi connectivity index (χ0v) is 17.5. The fourth-order valence-corrected chi connectivity index (χ4v) is 5.31. The maximum absolute atomic E-state index is 5.39. The van der Waals surface area contributed by atoms with E-state index in [0.29, 0.717) is 29.3 Å². The summed E-state index contributed by atoms with van der Waals surface area (Å²) in [6, 6.07) is 8.34. The van der Waals surface area contributed by atoms with Crippen LogP contribution in [0.25, 0.3) is 11.6 Å². The minimum atomic E-state index is 0.470. The molecular formula is C20H21N5O2S2. The summed E-state index contributed by atoms with van der Waals surface area (Å²) in [7, 11) is 0. The zero-order chi connectivity index (χ0) is 19.5. The monoisotopic (exact) mass is 427 g/mol. The Labute approximate surface area is 176 Å². The number of nitrogens with zero attached hydrogens (tertiary/aromatic N) is 5. The molecule has 0 atom stereocenters. The molecule has 7 nitrogen and oxygen atoms in total. The summed E-state index contributed by atoms with van der Waals surface area (Å²) < 4.78 is 13.1. The predicted molar refractivity (Wildman–Crippen MR) is 111 cm³/mol. The van der Waals surface area contributed by atoms with Gasteiger partial charge in [0.25, 0.3) is 0 Å². The lowest BCUT2D eigenvalue weighted by molar-refractivity contribution is 0.330. The molecule has 4 aromatic heterocycles. The molecule has 0 aromatic carbocycles. The summed E-state index contributed by atoms with van der Waals surface area (Å²) in [4.78, 5) is 5.74. The highest BCUT2D eigenvalue weighted by atomic mass is 32.2. The third kappa shape index (κ3) is 4.16. The molecule has 0 N–H and O–H groups in total. The van der Waals surface area contributed by atoms with Gasteiger partial charge in [-0.2, -0.15) is 4.98 Å². The summed E-state index contributed by atoms with van der Waals surface area (Å²) in [5, 5.41) is 16.1. The molecule has 4 heterocycles. The Kier molecular flexibility index (Phi) is 5.49. The van der Waals surface area contributed by atoms with Crippen LogP contribution >= 0.6 is 23.1 Å². The lowest BCUT2D eigenvalue weighted by atomic mass is 9.95. The topological polar surface area (TPSA) is 82.8 Å². The zero-order valence-electron chi connectivity index (χ0n) is 15.9. The van der Waals surface area contributed by atoms with Crippen molar-refractivity contribution in [2.75, 3.05) is 0 Å². The maximum Gasteiger partial charge on any atom is 0.238 e. The summed E-state index contributed by atoms with van der Waals surface area (Å²) >= 11 is 3.37. The number of hydrogen-bond donors (Lipinski definition) is 0.